The number of fused-ring (bicyclic) bond motifs is 1. The maximum atomic E-state index is 11.9. The summed E-state index contributed by atoms with van der Waals surface area (Å²) in [6.07, 6.45) is 4.92. The van der Waals surface area contributed by atoms with E-state index < -0.39 is 5.97 Å². The number of halogens is 1. The SMILES string of the molecule is CO/C=C(/C(=O)OC)C1=CN2N=CN(c3ccc(Cl)cc3)C2S1. The molecule has 120 valence electrons. The lowest BCUT2D eigenvalue weighted by Gasteiger charge is -2.23. The molecule has 6 nitrogen and oxygen atoms in total. The molecule has 0 aromatic heterocycles. The first kappa shape index (κ1) is 15.8. The van der Waals surface area contributed by atoms with Crippen LogP contribution in [-0.4, -0.2) is 37.0 Å². The summed E-state index contributed by atoms with van der Waals surface area (Å²) in [6, 6.07) is 7.49. The molecular weight excluding hydrogens is 338 g/mol. The second-order valence-corrected chi connectivity index (χ2v) is 6.22. The van der Waals surface area contributed by atoms with E-state index in [4.69, 9.17) is 21.1 Å². The second kappa shape index (κ2) is 6.55. The molecule has 1 aromatic carbocycles. The molecule has 1 atom stereocenters. The minimum absolute atomic E-state index is 0.101. The molecule has 0 aliphatic carbocycles. The van der Waals surface area contributed by atoms with Gasteiger partial charge in [-0.2, -0.15) is 5.10 Å². The van der Waals surface area contributed by atoms with Crippen LogP contribution in [0.3, 0.4) is 0 Å². The third-order valence-corrected chi connectivity index (χ3v) is 4.77. The molecule has 0 radical (unpaired) electrons. The summed E-state index contributed by atoms with van der Waals surface area (Å²) in [5.41, 5.74) is 1.22. The van der Waals surface area contributed by atoms with Gasteiger partial charge in [0, 0.05) is 21.8 Å². The van der Waals surface area contributed by atoms with Gasteiger partial charge in [-0.25, -0.2) is 9.80 Å². The quantitative estimate of drug-likeness (QED) is 0.472. The number of thioether (sulfide) groups is 1. The van der Waals surface area contributed by atoms with E-state index in [9.17, 15) is 4.79 Å². The minimum Gasteiger partial charge on any atom is -0.503 e. The van der Waals surface area contributed by atoms with E-state index in [1.165, 1.54) is 32.2 Å². The molecule has 23 heavy (non-hydrogen) atoms. The Hall–Kier alpha value is -2.12. The molecule has 0 spiro atoms. The van der Waals surface area contributed by atoms with Crippen molar-refractivity contribution in [2.45, 2.75) is 5.50 Å². The predicted octanol–water partition coefficient (Wildman–Crippen LogP) is 2.98. The number of nitrogens with zero attached hydrogens (tertiary/aromatic N) is 3. The smallest absolute Gasteiger partial charge is 0.342 e. The summed E-state index contributed by atoms with van der Waals surface area (Å²) in [5, 5.41) is 6.80. The number of hydrogen-bond acceptors (Lipinski definition) is 7. The number of anilines is 1. The Balaban J connectivity index is 1.82. The highest BCUT2D eigenvalue weighted by atomic mass is 35.5. The molecular formula is C15H14ClN3O3S. The Morgan fingerprint density at radius 1 is 1.35 bits per heavy atom. The van der Waals surface area contributed by atoms with Crippen molar-refractivity contribution in [3.8, 4) is 0 Å². The third-order valence-electron chi connectivity index (χ3n) is 3.29. The Labute approximate surface area is 143 Å². The molecule has 0 saturated heterocycles. The van der Waals surface area contributed by atoms with Crippen LogP contribution in [-0.2, 0) is 14.3 Å². The fourth-order valence-corrected chi connectivity index (χ4v) is 3.50. The molecule has 1 unspecified atom stereocenters. The number of carbonyl (C=O) groups is 1. The van der Waals surface area contributed by atoms with Gasteiger partial charge in [0.1, 0.15) is 11.9 Å². The first-order valence-corrected chi connectivity index (χ1v) is 7.96. The number of methoxy groups -OCH3 is 2. The van der Waals surface area contributed by atoms with Gasteiger partial charge in [-0.1, -0.05) is 23.4 Å². The Kier molecular flexibility index (Phi) is 4.49. The highest BCUT2D eigenvalue weighted by molar-refractivity contribution is 8.04. The van der Waals surface area contributed by atoms with Crippen molar-refractivity contribution in [2.75, 3.05) is 19.1 Å². The van der Waals surface area contributed by atoms with E-state index in [-0.39, 0.29) is 5.50 Å². The van der Waals surface area contributed by atoms with Crippen molar-refractivity contribution >= 4 is 41.4 Å². The first-order chi connectivity index (χ1) is 11.1. The molecule has 3 rings (SSSR count). The first-order valence-electron chi connectivity index (χ1n) is 6.70. The van der Waals surface area contributed by atoms with E-state index in [0.717, 1.165) is 10.6 Å². The largest absolute Gasteiger partial charge is 0.503 e. The van der Waals surface area contributed by atoms with Gasteiger partial charge < -0.3 is 9.47 Å². The zero-order chi connectivity index (χ0) is 16.4. The summed E-state index contributed by atoms with van der Waals surface area (Å²) >= 11 is 7.42. The van der Waals surface area contributed by atoms with Gasteiger partial charge in [-0.3, -0.25) is 4.90 Å². The molecule has 0 saturated carbocycles. The highest BCUT2D eigenvalue weighted by Gasteiger charge is 2.37. The highest BCUT2D eigenvalue weighted by Crippen LogP contribution is 2.42. The summed E-state index contributed by atoms with van der Waals surface area (Å²) in [6.45, 7) is 0. The lowest BCUT2D eigenvalue weighted by molar-refractivity contribution is -0.135. The van der Waals surface area contributed by atoms with E-state index in [1.54, 1.807) is 17.5 Å². The molecule has 2 heterocycles. The predicted molar refractivity (Wildman–Crippen MR) is 90.8 cm³/mol. The van der Waals surface area contributed by atoms with Crippen molar-refractivity contribution in [2.24, 2.45) is 5.10 Å². The molecule has 2 aliphatic rings. The van der Waals surface area contributed by atoms with Crippen molar-refractivity contribution in [1.29, 1.82) is 0 Å². The number of hydrogen-bond donors (Lipinski definition) is 0. The molecule has 0 fully saturated rings. The van der Waals surface area contributed by atoms with Crippen molar-refractivity contribution in [3.05, 3.63) is 52.2 Å². The average Bonchev–Trinajstić information content (AvgIpc) is 3.13. The van der Waals surface area contributed by atoms with Crippen LogP contribution in [0.25, 0.3) is 0 Å². The summed E-state index contributed by atoms with van der Waals surface area (Å²) in [7, 11) is 2.83. The van der Waals surface area contributed by atoms with Crippen LogP contribution >= 0.6 is 23.4 Å². The standard InChI is InChI=1S/C15H14ClN3O3S/c1-21-8-12(14(20)22-2)13-7-19-15(23-13)18(9-17-19)11-5-3-10(16)4-6-11/h3-9,15H,1-2H3/b12-8+. The number of carbonyl (C=O) groups excluding carboxylic acids is 1. The Morgan fingerprint density at radius 3 is 2.74 bits per heavy atom. The Morgan fingerprint density at radius 2 is 2.09 bits per heavy atom. The topological polar surface area (TPSA) is 54.4 Å². The number of hydrazone groups is 1. The molecule has 0 amide bonds. The summed E-state index contributed by atoms with van der Waals surface area (Å²) in [5.74, 6) is -0.450. The molecule has 0 N–H and O–H groups in total. The van der Waals surface area contributed by atoms with Crippen molar-refractivity contribution in [3.63, 3.8) is 0 Å². The average molecular weight is 352 g/mol. The zero-order valence-electron chi connectivity index (χ0n) is 12.5. The van der Waals surface area contributed by atoms with Gasteiger partial charge in [-0.05, 0) is 24.3 Å². The van der Waals surface area contributed by atoms with Gasteiger partial charge in [0.2, 0.25) is 0 Å². The van der Waals surface area contributed by atoms with E-state index in [1.807, 2.05) is 29.2 Å². The molecule has 1 aromatic rings. The van der Waals surface area contributed by atoms with Crippen LogP contribution in [0.4, 0.5) is 5.69 Å². The van der Waals surface area contributed by atoms with Crippen LogP contribution in [0.1, 0.15) is 0 Å². The fourth-order valence-electron chi connectivity index (χ4n) is 2.20. The fraction of sp³-hybridized carbons (Fsp3) is 0.200. The molecule has 8 heteroatoms. The van der Waals surface area contributed by atoms with Crippen LogP contribution in [0.5, 0.6) is 0 Å². The van der Waals surface area contributed by atoms with Crippen molar-refractivity contribution < 1.29 is 14.3 Å². The number of esters is 1. The third kappa shape index (κ3) is 3.02. The number of ether oxygens (including phenoxy) is 2. The van der Waals surface area contributed by atoms with E-state index in [0.29, 0.717) is 10.6 Å². The van der Waals surface area contributed by atoms with E-state index in [2.05, 4.69) is 5.10 Å². The summed E-state index contributed by atoms with van der Waals surface area (Å²) in [4.78, 5) is 14.6. The normalized spacial score (nSPS) is 19.7. The van der Waals surface area contributed by atoms with Crippen LogP contribution < -0.4 is 4.90 Å². The lowest BCUT2D eigenvalue weighted by atomic mass is 10.3. The molecule has 0 bridgehead atoms. The Bertz CT molecular complexity index is 702. The number of benzene rings is 1. The van der Waals surface area contributed by atoms with Crippen LogP contribution in [0, 0.1) is 0 Å². The summed E-state index contributed by atoms with van der Waals surface area (Å²) < 4.78 is 9.78. The monoisotopic (exact) mass is 351 g/mol. The van der Waals surface area contributed by atoms with Gasteiger partial charge in [0.15, 0.2) is 5.50 Å². The maximum absolute atomic E-state index is 11.9. The van der Waals surface area contributed by atoms with Gasteiger partial charge in [0.05, 0.1) is 20.5 Å². The molecule has 2 aliphatic heterocycles. The van der Waals surface area contributed by atoms with E-state index >= 15 is 0 Å². The second-order valence-electron chi connectivity index (χ2n) is 4.69. The lowest BCUT2D eigenvalue weighted by Crippen LogP contribution is -2.32. The van der Waals surface area contributed by atoms with Crippen LogP contribution in [0.15, 0.2) is 52.3 Å². The van der Waals surface area contributed by atoms with Gasteiger partial charge >= 0.3 is 5.97 Å². The number of rotatable bonds is 4. The minimum atomic E-state index is -0.450. The van der Waals surface area contributed by atoms with Crippen LogP contribution in [0.2, 0.25) is 5.02 Å². The maximum Gasteiger partial charge on any atom is 0.342 e. The van der Waals surface area contributed by atoms with Gasteiger partial charge in [-0.15, -0.1) is 0 Å². The zero-order valence-corrected chi connectivity index (χ0v) is 14.0. The van der Waals surface area contributed by atoms with Crippen molar-refractivity contribution in [1.82, 2.24) is 5.01 Å². The van der Waals surface area contributed by atoms with Gasteiger partial charge in [0.25, 0.3) is 0 Å².